The number of benzene rings is 1. The van der Waals surface area contributed by atoms with Gasteiger partial charge in [0.05, 0.1) is 18.3 Å². The van der Waals surface area contributed by atoms with Gasteiger partial charge in [0.1, 0.15) is 5.75 Å². The van der Waals surface area contributed by atoms with Gasteiger partial charge in [0, 0.05) is 12.6 Å². The summed E-state index contributed by atoms with van der Waals surface area (Å²) in [5.74, 6) is 0.898. The van der Waals surface area contributed by atoms with Crippen molar-refractivity contribution in [1.29, 1.82) is 0 Å². The number of nitrogens with one attached hydrogen (secondary N) is 2. The second kappa shape index (κ2) is 9.43. The van der Waals surface area contributed by atoms with Crippen LogP contribution in [0.25, 0.3) is 0 Å². The van der Waals surface area contributed by atoms with Gasteiger partial charge in [0.2, 0.25) is 5.91 Å². The van der Waals surface area contributed by atoms with E-state index in [9.17, 15) is 4.79 Å². The first-order valence-electron chi connectivity index (χ1n) is 7.89. The number of para-hydroxylation sites is 2. The smallest absolute Gasteiger partial charge is 0.241 e. The molecule has 0 aliphatic rings. The Morgan fingerprint density at radius 2 is 1.95 bits per heavy atom. The van der Waals surface area contributed by atoms with Gasteiger partial charge in [0.25, 0.3) is 0 Å². The molecular weight excluding hydrogens is 280 g/mol. The summed E-state index contributed by atoms with van der Waals surface area (Å²) in [6.45, 7) is 8.53. The van der Waals surface area contributed by atoms with E-state index < -0.39 is 0 Å². The van der Waals surface area contributed by atoms with Crippen molar-refractivity contribution < 1.29 is 14.6 Å². The molecular formula is C17H28N2O3. The van der Waals surface area contributed by atoms with Crippen molar-refractivity contribution in [2.24, 2.45) is 5.92 Å². The lowest BCUT2D eigenvalue weighted by Gasteiger charge is -2.25. The number of hydrogen-bond donors (Lipinski definition) is 3. The van der Waals surface area contributed by atoms with Crippen molar-refractivity contribution in [3.05, 3.63) is 24.3 Å². The van der Waals surface area contributed by atoms with Crippen molar-refractivity contribution in [1.82, 2.24) is 5.32 Å². The van der Waals surface area contributed by atoms with E-state index in [0.717, 1.165) is 0 Å². The number of carbonyl (C=O) groups is 1. The maximum atomic E-state index is 12.3. The Bertz CT molecular complexity index is 463. The normalized spacial score (nSPS) is 13.7. The second-order valence-electron chi connectivity index (χ2n) is 5.67. The summed E-state index contributed by atoms with van der Waals surface area (Å²) in [7, 11) is 0. The number of ether oxygens (including phenoxy) is 1. The number of anilines is 1. The minimum absolute atomic E-state index is 0.105. The molecule has 2 atom stereocenters. The number of aliphatic hydroxyl groups excluding tert-OH is 1. The van der Waals surface area contributed by atoms with E-state index in [-0.39, 0.29) is 24.6 Å². The molecule has 0 radical (unpaired) electrons. The molecule has 0 aromatic heterocycles. The largest absolute Gasteiger partial charge is 0.492 e. The highest BCUT2D eigenvalue weighted by Crippen LogP contribution is 2.23. The molecule has 0 spiro atoms. The number of rotatable bonds is 9. The van der Waals surface area contributed by atoms with E-state index in [2.05, 4.69) is 24.5 Å². The van der Waals surface area contributed by atoms with Crippen molar-refractivity contribution in [2.75, 3.05) is 18.5 Å². The van der Waals surface area contributed by atoms with Crippen LogP contribution in [0.2, 0.25) is 0 Å². The molecule has 22 heavy (non-hydrogen) atoms. The van der Waals surface area contributed by atoms with Gasteiger partial charge >= 0.3 is 0 Å². The molecule has 0 aliphatic heterocycles. The summed E-state index contributed by atoms with van der Waals surface area (Å²) in [5.41, 5.74) is 0.672. The van der Waals surface area contributed by atoms with Crippen LogP contribution in [0.5, 0.6) is 5.75 Å². The van der Waals surface area contributed by atoms with Crippen molar-refractivity contribution >= 4 is 11.6 Å². The molecule has 124 valence electrons. The Labute approximate surface area is 133 Å². The second-order valence-corrected chi connectivity index (χ2v) is 5.67. The van der Waals surface area contributed by atoms with Gasteiger partial charge in [-0.05, 0) is 38.3 Å². The highest BCUT2D eigenvalue weighted by molar-refractivity contribution is 5.95. The molecule has 5 heteroatoms. The zero-order valence-electron chi connectivity index (χ0n) is 13.9. The fourth-order valence-electron chi connectivity index (χ4n) is 2.24. The molecule has 3 N–H and O–H groups in total. The van der Waals surface area contributed by atoms with Gasteiger partial charge in [0.15, 0.2) is 0 Å². The minimum atomic E-state index is -0.353. The van der Waals surface area contributed by atoms with Gasteiger partial charge in [-0.25, -0.2) is 0 Å². The summed E-state index contributed by atoms with van der Waals surface area (Å²) in [5, 5.41) is 15.3. The highest BCUT2D eigenvalue weighted by Gasteiger charge is 2.20. The van der Waals surface area contributed by atoms with Crippen LogP contribution >= 0.6 is 0 Å². The third kappa shape index (κ3) is 5.66. The monoisotopic (exact) mass is 308 g/mol. The maximum absolute atomic E-state index is 12.3. The van der Waals surface area contributed by atoms with Crippen molar-refractivity contribution in [2.45, 2.75) is 46.2 Å². The number of hydrogen-bond acceptors (Lipinski definition) is 4. The molecule has 0 unspecified atom stereocenters. The van der Waals surface area contributed by atoms with E-state index in [0.29, 0.717) is 30.4 Å². The topological polar surface area (TPSA) is 70.6 Å². The first kappa shape index (κ1) is 18.5. The Morgan fingerprint density at radius 1 is 1.27 bits per heavy atom. The SMILES string of the molecule is CCOc1ccccc1NC(=O)[C@@H](C)N[C@H](CCO)C(C)C. The lowest BCUT2D eigenvalue weighted by atomic mass is 10.0. The van der Waals surface area contributed by atoms with E-state index in [4.69, 9.17) is 9.84 Å². The van der Waals surface area contributed by atoms with E-state index in [1.807, 2.05) is 38.1 Å². The third-order valence-electron chi connectivity index (χ3n) is 3.55. The molecule has 0 heterocycles. The number of carbonyl (C=O) groups excluding carboxylic acids is 1. The van der Waals surface area contributed by atoms with E-state index in [1.54, 1.807) is 0 Å². The Hall–Kier alpha value is -1.59. The van der Waals surface area contributed by atoms with Gasteiger partial charge in [-0.1, -0.05) is 26.0 Å². The molecule has 0 aliphatic carbocycles. The molecule has 0 saturated heterocycles. The lowest BCUT2D eigenvalue weighted by Crippen LogP contribution is -2.46. The van der Waals surface area contributed by atoms with Crippen LogP contribution in [0.4, 0.5) is 5.69 Å². The van der Waals surface area contributed by atoms with Gasteiger partial charge in [-0.3, -0.25) is 4.79 Å². The fraction of sp³-hybridized carbons (Fsp3) is 0.588. The lowest BCUT2D eigenvalue weighted by molar-refractivity contribution is -0.118. The van der Waals surface area contributed by atoms with Crippen LogP contribution in [0.3, 0.4) is 0 Å². The predicted octanol–water partition coefficient (Wildman–Crippen LogP) is 2.41. The van der Waals surface area contributed by atoms with E-state index >= 15 is 0 Å². The zero-order valence-corrected chi connectivity index (χ0v) is 13.9. The number of amides is 1. The predicted molar refractivity (Wildman–Crippen MR) is 89.2 cm³/mol. The first-order valence-corrected chi connectivity index (χ1v) is 7.89. The summed E-state index contributed by atoms with van der Waals surface area (Å²) >= 11 is 0. The number of aliphatic hydroxyl groups is 1. The van der Waals surface area contributed by atoms with Gasteiger partial charge in [-0.15, -0.1) is 0 Å². The van der Waals surface area contributed by atoms with Crippen molar-refractivity contribution in [3.8, 4) is 5.75 Å². The van der Waals surface area contributed by atoms with Crippen LogP contribution in [0.15, 0.2) is 24.3 Å². The molecule has 1 amide bonds. The van der Waals surface area contributed by atoms with E-state index in [1.165, 1.54) is 0 Å². The molecule has 5 nitrogen and oxygen atoms in total. The van der Waals surface area contributed by atoms with Crippen LogP contribution in [-0.2, 0) is 4.79 Å². The molecule has 1 rings (SSSR count). The summed E-state index contributed by atoms with van der Waals surface area (Å²) in [4.78, 5) is 12.3. The molecule has 0 saturated carbocycles. The van der Waals surface area contributed by atoms with Gasteiger partial charge < -0.3 is 20.5 Å². The molecule has 0 bridgehead atoms. The average Bonchev–Trinajstić information content (AvgIpc) is 2.48. The maximum Gasteiger partial charge on any atom is 0.241 e. The van der Waals surface area contributed by atoms with Crippen LogP contribution in [0, 0.1) is 5.92 Å². The Balaban J connectivity index is 2.67. The average molecular weight is 308 g/mol. The highest BCUT2D eigenvalue weighted by atomic mass is 16.5. The summed E-state index contributed by atoms with van der Waals surface area (Å²) in [6, 6.07) is 7.14. The standard InChI is InChI=1S/C17H28N2O3/c1-5-22-16-9-7-6-8-15(16)19-17(21)13(4)18-14(10-11-20)12(2)3/h6-9,12-14,18,20H,5,10-11H2,1-4H3,(H,19,21)/t13-,14-/m1/s1. The fourth-order valence-corrected chi connectivity index (χ4v) is 2.24. The zero-order chi connectivity index (χ0) is 16.5. The Morgan fingerprint density at radius 3 is 2.55 bits per heavy atom. The molecule has 1 aromatic rings. The van der Waals surface area contributed by atoms with Crippen LogP contribution in [0.1, 0.15) is 34.1 Å². The summed E-state index contributed by atoms with van der Waals surface area (Å²) < 4.78 is 5.51. The molecule has 1 aromatic carbocycles. The van der Waals surface area contributed by atoms with Crippen LogP contribution in [-0.4, -0.2) is 36.3 Å². The minimum Gasteiger partial charge on any atom is -0.492 e. The van der Waals surface area contributed by atoms with Crippen LogP contribution < -0.4 is 15.4 Å². The van der Waals surface area contributed by atoms with Crippen molar-refractivity contribution in [3.63, 3.8) is 0 Å². The Kier molecular flexibility index (Phi) is 7.91. The third-order valence-corrected chi connectivity index (χ3v) is 3.55. The van der Waals surface area contributed by atoms with Gasteiger partial charge in [-0.2, -0.15) is 0 Å². The first-order chi connectivity index (χ1) is 10.5. The summed E-state index contributed by atoms with van der Waals surface area (Å²) in [6.07, 6.45) is 0.630. The molecule has 0 fully saturated rings. The quantitative estimate of drug-likeness (QED) is 0.655.